The topological polar surface area (TPSA) is 18.5 Å². The van der Waals surface area contributed by atoms with Crippen LogP contribution in [-0.2, 0) is 9.26 Å². The van der Waals surface area contributed by atoms with Gasteiger partial charge < -0.3 is 18.1 Å². The Morgan fingerprint density at radius 1 is 1.17 bits per heavy atom. The standard InChI is InChI=1S/C9H12O2P/c1-10-7-8-11-12-9-5-3-2-4-6-9/h2-6H,7-8H2,1H3/q-1. The van der Waals surface area contributed by atoms with E-state index in [9.17, 15) is 0 Å². The van der Waals surface area contributed by atoms with Crippen molar-refractivity contribution >= 4 is 14.1 Å². The summed E-state index contributed by atoms with van der Waals surface area (Å²) in [5.41, 5.74) is 0. The van der Waals surface area contributed by atoms with Crippen molar-refractivity contribution in [2.24, 2.45) is 0 Å². The highest BCUT2D eigenvalue weighted by molar-refractivity contribution is 7.41. The zero-order valence-corrected chi connectivity index (χ0v) is 7.96. The second-order valence-electron chi connectivity index (χ2n) is 2.25. The molecule has 0 aliphatic rings. The molecule has 0 aliphatic heterocycles. The van der Waals surface area contributed by atoms with Crippen LogP contribution in [-0.4, -0.2) is 20.3 Å². The van der Waals surface area contributed by atoms with E-state index >= 15 is 0 Å². The molecule has 66 valence electrons. The summed E-state index contributed by atoms with van der Waals surface area (Å²) in [7, 11) is 2.58. The molecule has 0 atom stereocenters. The second-order valence-corrected chi connectivity index (χ2v) is 3.21. The predicted molar refractivity (Wildman–Crippen MR) is 50.8 cm³/mol. The van der Waals surface area contributed by atoms with Gasteiger partial charge in [0, 0.05) is 13.7 Å². The molecule has 0 radical (unpaired) electrons. The third-order valence-electron chi connectivity index (χ3n) is 1.30. The van der Waals surface area contributed by atoms with Crippen LogP contribution in [0, 0.1) is 0 Å². The van der Waals surface area contributed by atoms with E-state index in [1.165, 1.54) is 5.30 Å². The van der Waals surface area contributed by atoms with Crippen LogP contribution in [0.15, 0.2) is 30.3 Å². The molecular weight excluding hydrogens is 171 g/mol. The summed E-state index contributed by atoms with van der Waals surface area (Å²) in [6.45, 7) is 1.30. The van der Waals surface area contributed by atoms with Gasteiger partial charge in [0.15, 0.2) is 0 Å². The first kappa shape index (κ1) is 9.66. The summed E-state index contributed by atoms with van der Waals surface area (Å²) >= 11 is 0. The molecule has 0 unspecified atom stereocenters. The summed E-state index contributed by atoms with van der Waals surface area (Å²) in [5, 5.41) is 1.17. The molecule has 0 aromatic heterocycles. The van der Waals surface area contributed by atoms with E-state index in [1.807, 2.05) is 30.3 Å². The lowest BCUT2D eigenvalue weighted by Gasteiger charge is -2.19. The Hall–Kier alpha value is -0.430. The van der Waals surface area contributed by atoms with Gasteiger partial charge in [-0.2, -0.15) is 5.30 Å². The average molecular weight is 183 g/mol. The van der Waals surface area contributed by atoms with Crippen molar-refractivity contribution in [2.75, 3.05) is 20.3 Å². The highest BCUT2D eigenvalue weighted by Gasteiger charge is 1.77. The summed E-state index contributed by atoms with van der Waals surface area (Å²) < 4.78 is 10.2. The summed E-state index contributed by atoms with van der Waals surface area (Å²) in [5.74, 6) is 0. The van der Waals surface area contributed by atoms with E-state index in [1.54, 1.807) is 7.11 Å². The Bertz CT molecular complexity index is 201. The van der Waals surface area contributed by atoms with Gasteiger partial charge in [-0.25, -0.2) is 0 Å². The molecular formula is C9H12O2P-. The van der Waals surface area contributed by atoms with Crippen LogP contribution in [0.2, 0.25) is 0 Å². The summed E-state index contributed by atoms with van der Waals surface area (Å²) in [4.78, 5) is 0. The maximum absolute atomic E-state index is 5.31. The Morgan fingerprint density at radius 2 is 1.92 bits per heavy atom. The average Bonchev–Trinajstić information content (AvgIpc) is 2.14. The lowest BCUT2D eigenvalue weighted by molar-refractivity contribution is 0.155. The van der Waals surface area contributed by atoms with Crippen LogP contribution in [0.1, 0.15) is 0 Å². The number of hydrogen-bond acceptors (Lipinski definition) is 2. The van der Waals surface area contributed by atoms with Crippen molar-refractivity contribution in [3.63, 3.8) is 0 Å². The van der Waals surface area contributed by atoms with Crippen molar-refractivity contribution < 1.29 is 9.26 Å². The quantitative estimate of drug-likeness (QED) is 0.512. The van der Waals surface area contributed by atoms with Crippen molar-refractivity contribution in [1.29, 1.82) is 0 Å². The minimum atomic E-state index is 0.646. The van der Waals surface area contributed by atoms with E-state index in [2.05, 4.69) is 0 Å². The molecule has 0 heterocycles. The number of methoxy groups -OCH3 is 1. The van der Waals surface area contributed by atoms with Crippen LogP contribution in [0.5, 0.6) is 0 Å². The van der Waals surface area contributed by atoms with Crippen LogP contribution < -0.4 is 5.30 Å². The maximum atomic E-state index is 5.31. The van der Waals surface area contributed by atoms with E-state index in [0.29, 0.717) is 13.2 Å². The zero-order chi connectivity index (χ0) is 8.65. The third kappa shape index (κ3) is 3.82. The molecule has 12 heavy (non-hydrogen) atoms. The first-order valence-corrected chi connectivity index (χ1v) is 4.61. The van der Waals surface area contributed by atoms with Gasteiger partial charge in [0.1, 0.15) is 0 Å². The van der Waals surface area contributed by atoms with Crippen LogP contribution in [0.4, 0.5) is 0 Å². The van der Waals surface area contributed by atoms with E-state index < -0.39 is 0 Å². The van der Waals surface area contributed by atoms with Gasteiger partial charge >= 0.3 is 0 Å². The lowest BCUT2D eigenvalue weighted by Crippen LogP contribution is -1.99. The van der Waals surface area contributed by atoms with E-state index in [-0.39, 0.29) is 0 Å². The van der Waals surface area contributed by atoms with Gasteiger partial charge in [-0.3, -0.25) is 0 Å². The summed E-state index contributed by atoms with van der Waals surface area (Å²) in [6.07, 6.45) is 0. The van der Waals surface area contributed by atoms with Crippen LogP contribution in [0.3, 0.4) is 0 Å². The number of hydrogen-bond donors (Lipinski definition) is 0. The number of ether oxygens (including phenoxy) is 1. The zero-order valence-electron chi connectivity index (χ0n) is 7.06. The molecule has 0 bridgehead atoms. The molecule has 0 spiro atoms. The minimum Gasteiger partial charge on any atom is -0.551 e. The Morgan fingerprint density at radius 3 is 2.58 bits per heavy atom. The van der Waals surface area contributed by atoms with Crippen LogP contribution in [0.25, 0.3) is 0 Å². The largest absolute Gasteiger partial charge is 0.551 e. The molecule has 0 N–H and O–H groups in total. The first-order valence-electron chi connectivity index (χ1n) is 3.80. The summed E-state index contributed by atoms with van der Waals surface area (Å²) in [6, 6.07) is 10.1. The molecule has 1 aromatic carbocycles. The van der Waals surface area contributed by atoms with E-state index in [0.717, 1.165) is 8.81 Å². The molecule has 0 fully saturated rings. The molecule has 3 heteroatoms. The fourth-order valence-corrected chi connectivity index (χ4v) is 1.34. The fourth-order valence-electron chi connectivity index (χ4n) is 0.730. The normalized spacial score (nSPS) is 11.1. The Labute approximate surface area is 74.8 Å². The fraction of sp³-hybridized carbons (Fsp3) is 0.333. The highest BCUT2D eigenvalue weighted by Crippen LogP contribution is 2.10. The molecule has 0 aliphatic carbocycles. The first-order chi connectivity index (χ1) is 5.93. The van der Waals surface area contributed by atoms with Gasteiger partial charge in [-0.1, -0.05) is 30.3 Å². The highest BCUT2D eigenvalue weighted by atomic mass is 31.1. The predicted octanol–water partition coefficient (Wildman–Crippen LogP) is 1.84. The molecule has 0 amide bonds. The SMILES string of the molecule is COCCO[P-]c1ccccc1. The maximum Gasteiger partial charge on any atom is 0.0667 e. The molecule has 1 rings (SSSR count). The second kappa shape index (κ2) is 6.13. The Kier molecular flexibility index (Phi) is 4.93. The Balaban J connectivity index is 2.16. The molecule has 1 aromatic rings. The van der Waals surface area contributed by atoms with Crippen molar-refractivity contribution in [2.45, 2.75) is 0 Å². The molecule has 0 saturated heterocycles. The number of rotatable bonds is 5. The lowest BCUT2D eigenvalue weighted by atomic mass is 10.4. The number of benzene rings is 1. The van der Waals surface area contributed by atoms with Crippen molar-refractivity contribution in [3.05, 3.63) is 30.3 Å². The smallest absolute Gasteiger partial charge is 0.0667 e. The third-order valence-corrected chi connectivity index (χ3v) is 2.13. The van der Waals surface area contributed by atoms with Crippen molar-refractivity contribution in [1.82, 2.24) is 0 Å². The van der Waals surface area contributed by atoms with Gasteiger partial charge in [0.2, 0.25) is 0 Å². The molecule has 2 nitrogen and oxygen atoms in total. The van der Waals surface area contributed by atoms with Gasteiger partial charge in [-0.15, -0.1) is 0 Å². The monoisotopic (exact) mass is 183 g/mol. The molecule has 0 saturated carbocycles. The van der Waals surface area contributed by atoms with E-state index in [4.69, 9.17) is 9.26 Å². The van der Waals surface area contributed by atoms with Gasteiger partial charge in [0.25, 0.3) is 0 Å². The van der Waals surface area contributed by atoms with Crippen molar-refractivity contribution in [3.8, 4) is 0 Å². The van der Waals surface area contributed by atoms with Gasteiger partial charge in [-0.05, 0) is 0 Å². The minimum absolute atomic E-state index is 0.646. The van der Waals surface area contributed by atoms with Gasteiger partial charge in [0.05, 0.1) is 6.61 Å². The van der Waals surface area contributed by atoms with Crippen LogP contribution >= 0.6 is 8.81 Å².